The van der Waals surface area contributed by atoms with Gasteiger partial charge in [0.05, 0.1) is 0 Å². The number of aromatic nitrogens is 5. The first kappa shape index (κ1) is 17.9. The SMILES string of the molecule is CC(C)c1cc(OC2CCN(n3c(=O)cnn(C)c3=O)CC2)n[nH]c1=O. The van der Waals surface area contributed by atoms with Crippen LogP contribution in [0.3, 0.4) is 0 Å². The molecule has 26 heavy (non-hydrogen) atoms. The predicted molar refractivity (Wildman–Crippen MR) is 94.3 cm³/mol. The molecule has 10 nitrogen and oxygen atoms in total. The fraction of sp³-hybridized carbons (Fsp3) is 0.562. The van der Waals surface area contributed by atoms with E-state index in [4.69, 9.17) is 4.74 Å². The van der Waals surface area contributed by atoms with Gasteiger partial charge in [0.15, 0.2) is 0 Å². The van der Waals surface area contributed by atoms with Gasteiger partial charge in [-0.2, -0.15) is 9.77 Å². The molecular formula is C16H22N6O4. The van der Waals surface area contributed by atoms with E-state index in [1.165, 1.54) is 7.05 Å². The summed E-state index contributed by atoms with van der Waals surface area (Å²) in [5.41, 5.74) is -0.508. The van der Waals surface area contributed by atoms with Crippen LogP contribution in [0.25, 0.3) is 0 Å². The summed E-state index contributed by atoms with van der Waals surface area (Å²) in [4.78, 5) is 35.9. The van der Waals surface area contributed by atoms with Crippen LogP contribution < -0.4 is 26.6 Å². The summed E-state index contributed by atoms with van der Waals surface area (Å²) in [6, 6.07) is 1.67. The van der Waals surface area contributed by atoms with Crippen LogP contribution in [0, 0.1) is 0 Å². The molecule has 1 saturated heterocycles. The minimum absolute atomic E-state index is 0.0701. The second-order valence-corrected chi connectivity index (χ2v) is 6.62. The van der Waals surface area contributed by atoms with E-state index in [-0.39, 0.29) is 17.6 Å². The number of hydrogen-bond acceptors (Lipinski definition) is 7. The zero-order chi connectivity index (χ0) is 18.8. The lowest BCUT2D eigenvalue weighted by Crippen LogP contribution is -2.56. The van der Waals surface area contributed by atoms with Crippen molar-refractivity contribution in [2.75, 3.05) is 18.1 Å². The number of piperidine rings is 1. The number of H-pyrrole nitrogens is 1. The molecule has 0 spiro atoms. The molecule has 3 heterocycles. The Kier molecular flexibility index (Phi) is 4.92. The monoisotopic (exact) mass is 362 g/mol. The van der Waals surface area contributed by atoms with Crippen molar-refractivity contribution in [3.05, 3.63) is 49.0 Å². The highest BCUT2D eigenvalue weighted by atomic mass is 16.5. The molecular weight excluding hydrogens is 340 g/mol. The van der Waals surface area contributed by atoms with Gasteiger partial charge in [-0.3, -0.25) is 9.59 Å². The highest BCUT2D eigenvalue weighted by Crippen LogP contribution is 2.18. The number of nitrogens with zero attached hydrogens (tertiary/aromatic N) is 5. The van der Waals surface area contributed by atoms with Crippen LogP contribution >= 0.6 is 0 Å². The van der Waals surface area contributed by atoms with Gasteiger partial charge in [-0.05, 0) is 5.92 Å². The van der Waals surface area contributed by atoms with Gasteiger partial charge in [0.1, 0.15) is 12.3 Å². The summed E-state index contributed by atoms with van der Waals surface area (Å²) in [5, 5.41) is 11.8. The lowest BCUT2D eigenvalue weighted by atomic mass is 10.1. The Hall–Kier alpha value is -2.91. The van der Waals surface area contributed by atoms with Crippen LogP contribution in [-0.2, 0) is 7.05 Å². The molecule has 1 aliphatic rings. The maximum absolute atomic E-state index is 12.1. The van der Waals surface area contributed by atoms with E-state index >= 15 is 0 Å². The van der Waals surface area contributed by atoms with Gasteiger partial charge in [-0.15, -0.1) is 5.10 Å². The van der Waals surface area contributed by atoms with E-state index < -0.39 is 11.2 Å². The van der Waals surface area contributed by atoms with Crippen LogP contribution in [-0.4, -0.2) is 43.8 Å². The number of ether oxygens (including phenoxy) is 1. The smallest absolute Gasteiger partial charge is 0.366 e. The average Bonchev–Trinajstić information content (AvgIpc) is 2.61. The molecule has 0 amide bonds. The molecule has 10 heteroatoms. The molecule has 0 aromatic carbocycles. The Labute approximate surface area is 149 Å². The van der Waals surface area contributed by atoms with Crippen molar-refractivity contribution in [2.24, 2.45) is 7.05 Å². The van der Waals surface area contributed by atoms with Crippen molar-refractivity contribution in [3.8, 4) is 5.88 Å². The second-order valence-electron chi connectivity index (χ2n) is 6.62. The van der Waals surface area contributed by atoms with Gasteiger partial charge in [-0.1, -0.05) is 13.8 Å². The largest absolute Gasteiger partial charge is 0.473 e. The molecule has 1 fully saturated rings. The Bertz CT molecular complexity index is 952. The fourth-order valence-electron chi connectivity index (χ4n) is 2.95. The normalized spacial score (nSPS) is 15.5. The lowest BCUT2D eigenvalue weighted by Gasteiger charge is -2.33. The standard InChI is InChI=1S/C16H22N6O4/c1-10(2)12-8-13(18-19-15(12)24)26-11-4-6-21(7-5-11)22-14(23)9-17-20(3)16(22)25/h8-11H,4-7H2,1-3H3,(H,19,24). The zero-order valence-electron chi connectivity index (χ0n) is 15.0. The van der Waals surface area contributed by atoms with Crippen LogP contribution in [0.4, 0.5) is 0 Å². The van der Waals surface area contributed by atoms with Crippen molar-refractivity contribution in [2.45, 2.75) is 38.7 Å². The van der Waals surface area contributed by atoms with Crippen LogP contribution in [0.15, 0.2) is 26.6 Å². The minimum atomic E-state index is -0.472. The molecule has 1 aliphatic heterocycles. The first-order chi connectivity index (χ1) is 12.4. The van der Waals surface area contributed by atoms with Crippen LogP contribution in [0.1, 0.15) is 38.2 Å². The summed E-state index contributed by atoms with van der Waals surface area (Å²) in [7, 11) is 1.50. The molecule has 1 N–H and O–H groups in total. The third kappa shape index (κ3) is 3.53. The van der Waals surface area contributed by atoms with E-state index in [9.17, 15) is 14.4 Å². The molecule has 0 atom stereocenters. The van der Waals surface area contributed by atoms with Gasteiger partial charge in [0, 0.05) is 44.6 Å². The van der Waals surface area contributed by atoms with Crippen LogP contribution in [0.5, 0.6) is 5.88 Å². The van der Waals surface area contributed by atoms with Gasteiger partial charge in [0.2, 0.25) is 5.88 Å². The molecule has 2 aromatic heterocycles. The van der Waals surface area contributed by atoms with E-state index in [0.29, 0.717) is 37.4 Å². The topological polar surface area (TPSA) is 115 Å². The van der Waals surface area contributed by atoms with E-state index in [1.807, 2.05) is 13.8 Å². The van der Waals surface area contributed by atoms with Crippen molar-refractivity contribution >= 4 is 0 Å². The fourth-order valence-corrected chi connectivity index (χ4v) is 2.95. The third-order valence-electron chi connectivity index (χ3n) is 4.43. The summed E-state index contributed by atoms with van der Waals surface area (Å²) in [6.07, 6.45) is 2.26. The first-order valence-electron chi connectivity index (χ1n) is 8.53. The maximum atomic E-state index is 12.1. The number of aryl methyl sites for hydroxylation is 1. The number of hydrogen-bond donors (Lipinski definition) is 1. The van der Waals surface area contributed by atoms with Crippen molar-refractivity contribution < 1.29 is 4.74 Å². The molecule has 0 aliphatic carbocycles. The van der Waals surface area contributed by atoms with Gasteiger partial charge in [0.25, 0.3) is 11.1 Å². The third-order valence-corrected chi connectivity index (χ3v) is 4.43. The highest BCUT2D eigenvalue weighted by molar-refractivity contribution is 5.20. The first-order valence-corrected chi connectivity index (χ1v) is 8.53. The van der Waals surface area contributed by atoms with Gasteiger partial charge < -0.3 is 9.75 Å². The van der Waals surface area contributed by atoms with Crippen molar-refractivity contribution in [1.82, 2.24) is 24.7 Å². The average molecular weight is 362 g/mol. The van der Waals surface area contributed by atoms with Gasteiger partial charge in [-0.25, -0.2) is 14.6 Å². The molecule has 0 bridgehead atoms. The summed E-state index contributed by atoms with van der Waals surface area (Å²) in [6.45, 7) is 4.84. The maximum Gasteiger partial charge on any atom is 0.366 e. The minimum Gasteiger partial charge on any atom is -0.473 e. The summed E-state index contributed by atoms with van der Waals surface area (Å²) < 4.78 is 8.11. The number of rotatable bonds is 4. The van der Waals surface area contributed by atoms with Crippen LogP contribution in [0.2, 0.25) is 0 Å². The lowest BCUT2D eigenvalue weighted by molar-refractivity contribution is 0.153. The Morgan fingerprint density at radius 1 is 1.23 bits per heavy atom. The predicted octanol–water partition coefficient (Wildman–Crippen LogP) is -0.672. The number of nitrogens with one attached hydrogen (secondary N) is 1. The van der Waals surface area contributed by atoms with Gasteiger partial charge >= 0.3 is 5.69 Å². The van der Waals surface area contributed by atoms with E-state index in [2.05, 4.69) is 15.3 Å². The molecule has 140 valence electrons. The second kappa shape index (κ2) is 7.14. The summed E-state index contributed by atoms with van der Waals surface area (Å²) >= 11 is 0. The Morgan fingerprint density at radius 3 is 2.58 bits per heavy atom. The van der Waals surface area contributed by atoms with E-state index in [0.717, 1.165) is 15.6 Å². The highest BCUT2D eigenvalue weighted by Gasteiger charge is 2.24. The zero-order valence-corrected chi connectivity index (χ0v) is 15.0. The van der Waals surface area contributed by atoms with Crippen molar-refractivity contribution in [1.29, 1.82) is 0 Å². The summed E-state index contributed by atoms with van der Waals surface area (Å²) in [5.74, 6) is 0.449. The quantitative estimate of drug-likeness (QED) is 0.767. The number of aromatic amines is 1. The molecule has 0 saturated carbocycles. The molecule has 0 radical (unpaired) electrons. The van der Waals surface area contributed by atoms with E-state index in [1.54, 1.807) is 11.1 Å². The Balaban J connectivity index is 1.69. The molecule has 3 rings (SSSR count). The Morgan fingerprint density at radius 2 is 1.92 bits per heavy atom. The molecule has 0 unspecified atom stereocenters. The van der Waals surface area contributed by atoms with Crippen molar-refractivity contribution in [3.63, 3.8) is 0 Å². The molecule has 2 aromatic rings.